The van der Waals surface area contributed by atoms with E-state index < -0.39 is 0 Å². The smallest absolute Gasteiger partial charge is 0.0357 e. The van der Waals surface area contributed by atoms with Gasteiger partial charge in [0.2, 0.25) is 0 Å². The SMILES string of the molecule is [CH2]CCC1C2CC3CC(C2)CC1C3. The summed E-state index contributed by atoms with van der Waals surface area (Å²) in [6.07, 6.45) is 10.5. The molecular formula is C13H21. The molecule has 0 aromatic rings. The third-order valence-corrected chi connectivity index (χ3v) is 4.96. The van der Waals surface area contributed by atoms with Crippen LogP contribution >= 0.6 is 0 Å². The van der Waals surface area contributed by atoms with E-state index in [-0.39, 0.29) is 0 Å². The summed E-state index contributed by atoms with van der Waals surface area (Å²) in [4.78, 5) is 0. The number of hydrogen-bond acceptors (Lipinski definition) is 0. The lowest BCUT2D eigenvalue weighted by atomic mass is 9.51. The van der Waals surface area contributed by atoms with Crippen molar-refractivity contribution in [3.8, 4) is 0 Å². The molecule has 0 aromatic heterocycles. The molecule has 0 amide bonds. The molecule has 1 radical (unpaired) electrons. The normalized spacial score (nSPS) is 52.8. The molecule has 0 heterocycles. The van der Waals surface area contributed by atoms with E-state index in [4.69, 9.17) is 0 Å². The summed E-state index contributed by atoms with van der Waals surface area (Å²) in [6.45, 7) is 4.04. The maximum atomic E-state index is 4.04. The molecule has 0 aliphatic heterocycles. The highest BCUT2D eigenvalue weighted by atomic mass is 14.5. The van der Waals surface area contributed by atoms with Gasteiger partial charge in [-0.3, -0.25) is 0 Å². The van der Waals surface area contributed by atoms with Crippen LogP contribution in [0.4, 0.5) is 0 Å². The maximum absolute atomic E-state index is 4.04. The van der Waals surface area contributed by atoms with Gasteiger partial charge in [0.25, 0.3) is 0 Å². The number of hydrogen-bond donors (Lipinski definition) is 0. The maximum Gasteiger partial charge on any atom is -0.0357 e. The Hall–Kier alpha value is 0. The zero-order chi connectivity index (χ0) is 8.84. The molecule has 0 spiro atoms. The molecule has 73 valence electrons. The highest BCUT2D eigenvalue weighted by molar-refractivity contribution is 4.97. The van der Waals surface area contributed by atoms with E-state index in [1.165, 1.54) is 12.8 Å². The van der Waals surface area contributed by atoms with E-state index in [0.29, 0.717) is 0 Å². The van der Waals surface area contributed by atoms with Gasteiger partial charge in [-0.25, -0.2) is 0 Å². The highest BCUT2D eigenvalue weighted by Crippen LogP contribution is 2.57. The van der Waals surface area contributed by atoms with Crippen LogP contribution in [-0.2, 0) is 0 Å². The summed E-state index contributed by atoms with van der Waals surface area (Å²) in [5.41, 5.74) is 0. The minimum atomic E-state index is 1.09. The van der Waals surface area contributed by atoms with Crippen molar-refractivity contribution in [2.45, 2.75) is 44.9 Å². The highest BCUT2D eigenvalue weighted by Gasteiger charge is 2.47. The van der Waals surface area contributed by atoms with Crippen LogP contribution in [0.2, 0.25) is 0 Å². The quantitative estimate of drug-likeness (QED) is 0.603. The number of rotatable bonds is 2. The summed E-state index contributed by atoms with van der Waals surface area (Å²) in [6, 6.07) is 0. The van der Waals surface area contributed by atoms with Crippen molar-refractivity contribution in [3.63, 3.8) is 0 Å². The van der Waals surface area contributed by atoms with Crippen LogP contribution in [0.1, 0.15) is 44.9 Å². The van der Waals surface area contributed by atoms with Gasteiger partial charge in [0.05, 0.1) is 0 Å². The second-order valence-electron chi connectivity index (χ2n) is 5.74. The van der Waals surface area contributed by atoms with Gasteiger partial charge >= 0.3 is 0 Å². The van der Waals surface area contributed by atoms with Gasteiger partial charge in [0.15, 0.2) is 0 Å². The fraction of sp³-hybridized carbons (Fsp3) is 0.923. The van der Waals surface area contributed by atoms with Crippen molar-refractivity contribution in [1.29, 1.82) is 0 Å². The van der Waals surface area contributed by atoms with Gasteiger partial charge < -0.3 is 0 Å². The molecule has 4 bridgehead atoms. The lowest BCUT2D eigenvalue weighted by Crippen LogP contribution is -2.44. The fourth-order valence-corrected chi connectivity index (χ4v) is 4.74. The Bertz CT molecular complexity index is 166. The standard InChI is InChI=1S/C13H21/c1-2-3-13-11-5-9-4-10(7-11)8-12(13)6-9/h9-13H,1-8H2. The molecule has 0 aromatic carbocycles. The predicted octanol–water partition coefficient (Wildman–Crippen LogP) is 3.67. The topological polar surface area (TPSA) is 0 Å². The second-order valence-corrected chi connectivity index (χ2v) is 5.74. The van der Waals surface area contributed by atoms with Crippen molar-refractivity contribution in [2.75, 3.05) is 0 Å². The first-order valence-electron chi connectivity index (χ1n) is 6.16. The van der Waals surface area contributed by atoms with E-state index in [0.717, 1.165) is 29.6 Å². The minimum Gasteiger partial charge on any atom is -0.0533 e. The Labute approximate surface area is 82.1 Å². The van der Waals surface area contributed by atoms with Gasteiger partial charge in [-0.15, -0.1) is 0 Å². The Balaban J connectivity index is 1.77. The largest absolute Gasteiger partial charge is 0.0533 e. The summed E-state index contributed by atoms with van der Waals surface area (Å²) in [5, 5.41) is 0. The molecule has 4 rings (SSSR count). The van der Waals surface area contributed by atoms with E-state index in [1.54, 1.807) is 32.1 Å². The molecule has 13 heavy (non-hydrogen) atoms. The molecule has 0 unspecified atom stereocenters. The zero-order valence-electron chi connectivity index (χ0n) is 8.54. The van der Waals surface area contributed by atoms with Crippen LogP contribution in [0.5, 0.6) is 0 Å². The van der Waals surface area contributed by atoms with Gasteiger partial charge in [-0.05, 0) is 68.1 Å². The fourth-order valence-electron chi connectivity index (χ4n) is 4.74. The van der Waals surface area contributed by atoms with E-state index in [2.05, 4.69) is 6.92 Å². The van der Waals surface area contributed by atoms with Gasteiger partial charge in [-0.1, -0.05) is 13.3 Å². The summed E-state index contributed by atoms with van der Waals surface area (Å²) in [7, 11) is 0. The monoisotopic (exact) mass is 177 g/mol. The Kier molecular flexibility index (Phi) is 1.92. The van der Waals surface area contributed by atoms with Crippen molar-refractivity contribution < 1.29 is 0 Å². The second kappa shape index (κ2) is 3.00. The predicted molar refractivity (Wildman–Crippen MR) is 55.1 cm³/mol. The van der Waals surface area contributed by atoms with E-state index in [9.17, 15) is 0 Å². The summed E-state index contributed by atoms with van der Waals surface area (Å²) >= 11 is 0. The molecule has 4 saturated carbocycles. The third kappa shape index (κ3) is 1.25. The first-order chi connectivity index (χ1) is 6.36. The van der Waals surface area contributed by atoms with Gasteiger partial charge in [-0.2, -0.15) is 0 Å². The van der Waals surface area contributed by atoms with Crippen LogP contribution in [0, 0.1) is 36.5 Å². The van der Waals surface area contributed by atoms with Crippen LogP contribution in [-0.4, -0.2) is 0 Å². The lowest BCUT2D eigenvalue weighted by Gasteiger charge is -2.54. The van der Waals surface area contributed by atoms with E-state index >= 15 is 0 Å². The molecule has 4 aliphatic carbocycles. The summed E-state index contributed by atoms with van der Waals surface area (Å²) < 4.78 is 0. The third-order valence-electron chi connectivity index (χ3n) is 4.96. The first-order valence-corrected chi connectivity index (χ1v) is 6.16. The van der Waals surface area contributed by atoms with Crippen molar-refractivity contribution in [1.82, 2.24) is 0 Å². The van der Waals surface area contributed by atoms with Crippen molar-refractivity contribution in [2.24, 2.45) is 29.6 Å². The molecule has 0 nitrogen and oxygen atoms in total. The Morgan fingerprint density at radius 2 is 1.38 bits per heavy atom. The van der Waals surface area contributed by atoms with Crippen LogP contribution in [0.15, 0.2) is 0 Å². The zero-order valence-corrected chi connectivity index (χ0v) is 8.54. The lowest BCUT2D eigenvalue weighted by molar-refractivity contribution is -0.0392. The molecule has 0 saturated heterocycles. The van der Waals surface area contributed by atoms with Gasteiger partial charge in [0.1, 0.15) is 0 Å². The molecule has 0 atom stereocenters. The van der Waals surface area contributed by atoms with Crippen molar-refractivity contribution >= 4 is 0 Å². The van der Waals surface area contributed by atoms with Gasteiger partial charge in [0, 0.05) is 0 Å². The molecule has 4 aliphatic rings. The average Bonchev–Trinajstić information content (AvgIpc) is 2.10. The molecular weight excluding hydrogens is 156 g/mol. The van der Waals surface area contributed by atoms with Crippen molar-refractivity contribution in [3.05, 3.63) is 6.92 Å². The Morgan fingerprint density at radius 3 is 1.85 bits per heavy atom. The minimum absolute atomic E-state index is 1.09. The average molecular weight is 177 g/mol. The Morgan fingerprint density at radius 1 is 0.846 bits per heavy atom. The van der Waals surface area contributed by atoms with Crippen LogP contribution < -0.4 is 0 Å². The first kappa shape index (κ1) is 8.32. The molecule has 0 N–H and O–H groups in total. The van der Waals surface area contributed by atoms with E-state index in [1.807, 2.05) is 0 Å². The molecule has 0 heteroatoms. The molecule has 4 fully saturated rings. The summed E-state index contributed by atoms with van der Waals surface area (Å²) in [5.74, 6) is 5.62. The van der Waals surface area contributed by atoms with Crippen LogP contribution in [0.3, 0.4) is 0 Å². The van der Waals surface area contributed by atoms with Crippen LogP contribution in [0.25, 0.3) is 0 Å².